The third kappa shape index (κ3) is 2.23. The predicted octanol–water partition coefficient (Wildman–Crippen LogP) is 2.18. The molecule has 2 amide bonds. The van der Waals surface area contributed by atoms with Gasteiger partial charge in [-0.05, 0) is 25.0 Å². The molecule has 5 nitrogen and oxygen atoms in total. The van der Waals surface area contributed by atoms with Crippen molar-refractivity contribution in [3.63, 3.8) is 0 Å². The number of hydrogen-bond donors (Lipinski definition) is 0. The number of amides is 2. The van der Waals surface area contributed by atoms with Crippen LogP contribution in [0.3, 0.4) is 0 Å². The van der Waals surface area contributed by atoms with Crippen LogP contribution in [-0.2, 0) is 9.63 Å². The largest absolute Gasteiger partial charge is 0.336 e. The number of benzene rings is 1. The summed E-state index contributed by atoms with van der Waals surface area (Å²) in [5.74, 6) is -2.01. The zero-order valence-electron chi connectivity index (χ0n) is 10.9. The van der Waals surface area contributed by atoms with Crippen molar-refractivity contribution >= 4 is 17.8 Å². The van der Waals surface area contributed by atoms with Gasteiger partial charge >= 0.3 is 5.97 Å². The van der Waals surface area contributed by atoms with Crippen molar-refractivity contribution in [3.8, 4) is 0 Å². The molecule has 0 unspecified atom stereocenters. The minimum absolute atomic E-state index is 0.268. The minimum atomic E-state index is -0.583. The highest BCUT2D eigenvalue weighted by molar-refractivity contribution is 6.20. The van der Waals surface area contributed by atoms with Gasteiger partial charge in [-0.1, -0.05) is 31.0 Å². The van der Waals surface area contributed by atoms with Gasteiger partial charge in [-0.15, -0.1) is 0 Å². The van der Waals surface area contributed by atoms with Crippen molar-refractivity contribution in [1.82, 2.24) is 5.06 Å². The Labute approximate surface area is 111 Å². The molecule has 0 radical (unpaired) electrons. The van der Waals surface area contributed by atoms with Gasteiger partial charge in [0.25, 0.3) is 11.8 Å². The van der Waals surface area contributed by atoms with E-state index in [0.29, 0.717) is 17.9 Å². The summed E-state index contributed by atoms with van der Waals surface area (Å²) in [7, 11) is 0. The number of fused-ring (bicyclic) bond motifs is 1. The van der Waals surface area contributed by atoms with Crippen LogP contribution < -0.4 is 0 Å². The summed E-state index contributed by atoms with van der Waals surface area (Å²) < 4.78 is 0. The lowest BCUT2D eigenvalue weighted by molar-refractivity contribution is -0.173. The van der Waals surface area contributed by atoms with E-state index in [1.54, 1.807) is 24.3 Å². The summed E-state index contributed by atoms with van der Waals surface area (Å²) >= 11 is 0. The lowest BCUT2D eigenvalue weighted by Gasteiger charge is -2.16. The Hall–Kier alpha value is -2.17. The number of hydroxylamine groups is 2. The Kier molecular flexibility index (Phi) is 3.64. The van der Waals surface area contributed by atoms with E-state index in [9.17, 15) is 14.4 Å². The molecule has 2 rings (SSSR count). The molecule has 0 N–H and O–H groups in total. The van der Waals surface area contributed by atoms with E-state index in [4.69, 9.17) is 4.84 Å². The normalized spacial score (nSPS) is 13.9. The van der Waals surface area contributed by atoms with E-state index >= 15 is 0 Å². The van der Waals surface area contributed by atoms with Gasteiger partial charge in [0.15, 0.2) is 0 Å². The van der Waals surface area contributed by atoms with Crippen LogP contribution in [0.25, 0.3) is 0 Å². The smallest absolute Gasteiger partial charge is 0.329 e. The molecule has 0 bridgehead atoms. The van der Waals surface area contributed by atoms with Crippen LogP contribution >= 0.6 is 0 Å². The highest BCUT2D eigenvalue weighted by atomic mass is 16.7. The number of hydrogen-bond acceptors (Lipinski definition) is 4. The molecule has 0 aromatic heterocycles. The van der Waals surface area contributed by atoms with Gasteiger partial charge in [-0.25, -0.2) is 4.79 Å². The van der Waals surface area contributed by atoms with Crippen molar-refractivity contribution in [2.75, 3.05) is 0 Å². The third-order valence-electron chi connectivity index (χ3n) is 3.26. The van der Waals surface area contributed by atoms with E-state index in [1.165, 1.54) is 0 Å². The summed E-state index contributed by atoms with van der Waals surface area (Å²) in [5, 5.41) is 0.561. The molecule has 0 aliphatic carbocycles. The lowest BCUT2D eigenvalue weighted by Crippen LogP contribution is -2.34. The molecular formula is C14H15NO4. The van der Waals surface area contributed by atoms with Crippen molar-refractivity contribution in [1.29, 1.82) is 0 Å². The molecule has 19 heavy (non-hydrogen) atoms. The molecule has 0 spiro atoms. The molecule has 0 saturated heterocycles. The van der Waals surface area contributed by atoms with Crippen molar-refractivity contribution in [3.05, 3.63) is 35.4 Å². The second-order valence-corrected chi connectivity index (χ2v) is 4.37. The first-order valence-corrected chi connectivity index (χ1v) is 6.29. The van der Waals surface area contributed by atoms with Crippen molar-refractivity contribution in [2.24, 2.45) is 5.92 Å². The SMILES string of the molecule is CCC(CC)C(=O)ON1C(=O)c2ccccc2C1=O. The first-order chi connectivity index (χ1) is 9.10. The average Bonchev–Trinajstić information content (AvgIpc) is 2.66. The zero-order valence-corrected chi connectivity index (χ0v) is 10.9. The molecule has 1 aromatic rings. The average molecular weight is 261 g/mol. The van der Waals surface area contributed by atoms with Gasteiger partial charge in [0.1, 0.15) is 0 Å². The number of carbonyl (C=O) groups excluding carboxylic acids is 3. The van der Waals surface area contributed by atoms with Crippen LogP contribution in [0.5, 0.6) is 0 Å². The summed E-state index contributed by atoms with van der Waals surface area (Å²) in [4.78, 5) is 40.7. The van der Waals surface area contributed by atoms with E-state index in [0.717, 1.165) is 0 Å². The highest BCUT2D eigenvalue weighted by Gasteiger charge is 2.39. The summed E-state index contributed by atoms with van der Waals surface area (Å²) in [5.41, 5.74) is 0.537. The van der Waals surface area contributed by atoms with E-state index < -0.39 is 17.8 Å². The monoisotopic (exact) mass is 261 g/mol. The first kappa shape index (κ1) is 13.3. The van der Waals surface area contributed by atoms with Crippen LogP contribution in [-0.4, -0.2) is 22.8 Å². The fraction of sp³-hybridized carbons (Fsp3) is 0.357. The Morgan fingerprint density at radius 2 is 1.58 bits per heavy atom. The van der Waals surface area contributed by atoms with E-state index in [-0.39, 0.29) is 17.0 Å². The van der Waals surface area contributed by atoms with Gasteiger partial charge in [0.05, 0.1) is 17.0 Å². The molecule has 1 aromatic carbocycles. The fourth-order valence-electron chi connectivity index (χ4n) is 2.04. The maximum absolute atomic E-state index is 12.0. The maximum Gasteiger partial charge on any atom is 0.336 e. The number of rotatable bonds is 4. The van der Waals surface area contributed by atoms with Gasteiger partial charge in [-0.2, -0.15) is 0 Å². The summed E-state index contributed by atoms with van der Waals surface area (Å²) in [6.45, 7) is 3.72. The highest BCUT2D eigenvalue weighted by Crippen LogP contribution is 2.23. The van der Waals surface area contributed by atoms with Crippen molar-refractivity contribution in [2.45, 2.75) is 26.7 Å². The standard InChI is InChI=1S/C14H15NO4/c1-3-9(4-2)14(18)19-15-12(16)10-7-5-6-8-11(10)13(15)17/h5-9H,3-4H2,1-2H3. The number of imide groups is 1. The molecule has 5 heteroatoms. The van der Waals surface area contributed by atoms with E-state index in [2.05, 4.69) is 0 Å². The molecule has 1 aliphatic heterocycles. The second kappa shape index (κ2) is 5.22. The molecule has 1 aliphatic rings. The lowest BCUT2D eigenvalue weighted by atomic mass is 10.0. The van der Waals surface area contributed by atoms with Crippen LogP contribution in [0.2, 0.25) is 0 Å². The summed E-state index contributed by atoms with van der Waals surface area (Å²) in [6.07, 6.45) is 1.22. The van der Waals surface area contributed by atoms with Crippen molar-refractivity contribution < 1.29 is 19.2 Å². The van der Waals surface area contributed by atoms with Crippen LogP contribution in [0, 0.1) is 5.92 Å². The van der Waals surface area contributed by atoms with E-state index in [1.807, 2.05) is 13.8 Å². The number of carbonyl (C=O) groups is 3. The third-order valence-corrected chi connectivity index (χ3v) is 3.26. The molecule has 0 atom stereocenters. The quantitative estimate of drug-likeness (QED) is 0.779. The van der Waals surface area contributed by atoms with Gasteiger partial charge in [0, 0.05) is 0 Å². The molecule has 0 saturated carbocycles. The van der Waals surface area contributed by atoms with Gasteiger partial charge < -0.3 is 4.84 Å². The topological polar surface area (TPSA) is 63.7 Å². The Bertz CT molecular complexity index is 499. The second-order valence-electron chi connectivity index (χ2n) is 4.37. The molecular weight excluding hydrogens is 246 g/mol. The van der Waals surface area contributed by atoms with Crippen LogP contribution in [0.15, 0.2) is 24.3 Å². The Morgan fingerprint density at radius 1 is 1.11 bits per heavy atom. The molecule has 0 fully saturated rings. The van der Waals surface area contributed by atoms with Gasteiger partial charge in [0.2, 0.25) is 0 Å². The molecule has 100 valence electrons. The number of nitrogens with zero attached hydrogens (tertiary/aromatic N) is 1. The first-order valence-electron chi connectivity index (χ1n) is 6.29. The fourth-order valence-corrected chi connectivity index (χ4v) is 2.04. The molecule has 1 heterocycles. The maximum atomic E-state index is 12.0. The van der Waals surface area contributed by atoms with Gasteiger partial charge in [-0.3, -0.25) is 9.59 Å². The predicted molar refractivity (Wildman–Crippen MR) is 67.1 cm³/mol. The zero-order chi connectivity index (χ0) is 14.0. The van der Waals surface area contributed by atoms with Crippen LogP contribution in [0.4, 0.5) is 0 Å². The minimum Gasteiger partial charge on any atom is -0.329 e. The Morgan fingerprint density at radius 3 is 2.00 bits per heavy atom. The van der Waals surface area contributed by atoms with Crippen LogP contribution in [0.1, 0.15) is 47.4 Å². The summed E-state index contributed by atoms with van der Waals surface area (Å²) in [6, 6.07) is 6.41. The Balaban J connectivity index is 2.19.